The molecule has 2 aromatic carbocycles. The Kier molecular flexibility index (Phi) is 5.59. The van der Waals surface area contributed by atoms with Crippen LogP contribution in [0.2, 0.25) is 5.02 Å². The van der Waals surface area contributed by atoms with Crippen LogP contribution in [0.15, 0.2) is 41.3 Å². The van der Waals surface area contributed by atoms with Gasteiger partial charge in [-0.2, -0.15) is 0 Å². The van der Waals surface area contributed by atoms with Gasteiger partial charge in [0.25, 0.3) is 0 Å². The number of anilines is 2. The topological polar surface area (TPSA) is 83.6 Å². The zero-order valence-corrected chi connectivity index (χ0v) is 18.2. The smallest absolute Gasteiger partial charge is 0.230 e. The molecule has 1 fully saturated rings. The van der Waals surface area contributed by atoms with Gasteiger partial charge in [-0.3, -0.25) is 9.59 Å². The third-order valence-corrected chi connectivity index (χ3v) is 7.52. The molecular formula is C22H23ClN2O4S. The van der Waals surface area contributed by atoms with E-state index >= 15 is 0 Å². The summed E-state index contributed by atoms with van der Waals surface area (Å²) in [5.74, 6) is -0.410. The number of carbonyl (C=O) groups excluding carboxylic acids is 2. The molecule has 6 nitrogen and oxygen atoms in total. The molecule has 0 spiro atoms. The summed E-state index contributed by atoms with van der Waals surface area (Å²) in [5.41, 5.74) is 3.09. The highest BCUT2D eigenvalue weighted by Gasteiger charge is 2.36. The first kappa shape index (κ1) is 20.9. The van der Waals surface area contributed by atoms with Crippen LogP contribution in [0.25, 0.3) is 0 Å². The van der Waals surface area contributed by atoms with Gasteiger partial charge in [0.2, 0.25) is 11.8 Å². The maximum absolute atomic E-state index is 12.8. The monoisotopic (exact) mass is 446 g/mol. The summed E-state index contributed by atoms with van der Waals surface area (Å²) < 4.78 is 25.5. The van der Waals surface area contributed by atoms with E-state index in [4.69, 9.17) is 11.6 Å². The molecule has 1 N–H and O–H groups in total. The SMILES string of the molecule is Cc1ccc(Cl)cc1NC(=O)CCS(=O)(=O)c1ccc2c(c1)CCN2C(=O)C1CC1. The molecule has 0 atom stereocenters. The molecule has 158 valence electrons. The normalized spacial score (nSPS) is 15.7. The van der Waals surface area contributed by atoms with Crippen LogP contribution in [0, 0.1) is 12.8 Å². The van der Waals surface area contributed by atoms with Gasteiger partial charge in [0, 0.05) is 35.3 Å². The van der Waals surface area contributed by atoms with Crippen molar-refractivity contribution in [2.45, 2.75) is 37.5 Å². The highest BCUT2D eigenvalue weighted by Crippen LogP contribution is 2.37. The van der Waals surface area contributed by atoms with E-state index in [2.05, 4.69) is 5.32 Å². The average Bonchev–Trinajstić information content (AvgIpc) is 3.47. The van der Waals surface area contributed by atoms with Crippen molar-refractivity contribution < 1.29 is 18.0 Å². The number of nitrogens with zero attached hydrogens (tertiary/aromatic N) is 1. The number of rotatable bonds is 6. The van der Waals surface area contributed by atoms with E-state index in [0.29, 0.717) is 23.7 Å². The van der Waals surface area contributed by atoms with E-state index < -0.39 is 9.84 Å². The van der Waals surface area contributed by atoms with Crippen LogP contribution in [-0.4, -0.2) is 32.5 Å². The van der Waals surface area contributed by atoms with Gasteiger partial charge in [0.05, 0.1) is 10.6 Å². The molecule has 1 heterocycles. The number of halogens is 1. The highest BCUT2D eigenvalue weighted by molar-refractivity contribution is 7.91. The van der Waals surface area contributed by atoms with Gasteiger partial charge in [0.1, 0.15) is 0 Å². The fourth-order valence-electron chi connectivity index (χ4n) is 3.64. The quantitative estimate of drug-likeness (QED) is 0.732. The highest BCUT2D eigenvalue weighted by atomic mass is 35.5. The second-order valence-corrected chi connectivity index (χ2v) is 10.4. The summed E-state index contributed by atoms with van der Waals surface area (Å²) in [4.78, 5) is 26.6. The van der Waals surface area contributed by atoms with E-state index in [-0.39, 0.29) is 34.8 Å². The van der Waals surface area contributed by atoms with E-state index in [1.807, 2.05) is 6.92 Å². The fourth-order valence-corrected chi connectivity index (χ4v) is 5.10. The zero-order chi connectivity index (χ0) is 21.5. The molecule has 0 radical (unpaired) electrons. The summed E-state index contributed by atoms with van der Waals surface area (Å²) in [6.45, 7) is 2.43. The lowest BCUT2D eigenvalue weighted by molar-refractivity contribution is -0.119. The van der Waals surface area contributed by atoms with E-state index in [9.17, 15) is 18.0 Å². The molecule has 1 aliphatic carbocycles. The number of carbonyl (C=O) groups is 2. The molecule has 0 bridgehead atoms. The number of fused-ring (bicyclic) bond motifs is 1. The third kappa shape index (κ3) is 4.37. The summed E-state index contributed by atoms with van der Waals surface area (Å²) in [6, 6.07) is 10.0. The Balaban J connectivity index is 1.42. The molecule has 0 unspecified atom stereocenters. The molecule has 2 aromatic rings. The fraction of sp³-hybridized carbons (Fsp3) is 0.364. The first-order chi connectivity index (χ1) is 14.2. The van der Waals surface area contributed by atoms with Crippen LogP contribution in [0.5, 0.6) is 0 Å². The first-order valence-electron chi connectivity index (χ1n) is 9.98. The van der Waals surface area contributed by atoms with E-state index in [1.165, 1.54) is 6.07 Å². The van der Waals surface area contributed by atoms with Crippen LogP contribution >= 0.6 is 11.6 Å². The van der Waals surface area contributed by atoms with Gasteiger partial charge >= 0.3 is 0 Å². The number of sulfone groups is 1. The van der Waals surface area contributed by atoms with E-state index in [1.54, 1.807) is 35.2 Å². The molecule has 4 rings (SSSR count). The van der Waals surface area contributed by atoms with Gasteiger partial charge in [-0.05, 0) is 67.6 Å². The first-order valence-corrected chi connectivity index (χ1v) is 12.0. The Morgan fingerprint density at radius 2 is 1.93 bits per heavy atom. The Bertz CT molecular complexity index is 1130. The second-order valence-electron chi connectivity index (χ2n) is 7.88. The molecule has 8 heteroatoms. The standard InChI is InChI=1S/C22H23ClN2O4S/c1-14-2-5-17(23)13-19(14)24-21(26)9-11-30(28,29)18-6-7-20-16(12-18)8-10-25(20)22(27)15-3-4-15/h2,5-7,12-13,15H,3-4,8-11H2,1H3,(H,24,26). The molecule has 0 aromatic heterocycles. The van der Waals surface area contributed by atoms with Gasteiger partial charge < -0.3 is 10.2 Å². The molecule has 30 heavy (non-hydrogen) atoms. The zero-order valence-electron chi connectivity index (χ0n) is 16.7. The molecule has 2 amide bonds. The van der Waals surface area contributed by atoms with Crippen LogP contribution in [0.4, 0.5) is 11.4 Å². The predicted octanol–water partition coefficient (Wildman–Crippen LogP) is 3.75. The molecular weight excluding hydrogens is 424 g/mol. The molecule has 2 aliphatic rings. The molecule has 0 saturated heterocycles. The van der Waals surface area contributed by atoms with Gasteiger partial charge in [0.15, 0.2) is 9.84 Å². The number of amides is 2. The lowest BCUT2D eigenvalue weighted by Gasteiger charge is -2.17. The number of nitrogens with one attached hydrogen (secondary N) is 1. The minimum atomic E-state index is -3.62. The minimum Gasteiger partial charge on any atom is -0.326 e. The van der Waals surface area contributed by atoms with Gasteiger partial charge in [-0.15, -0.1) is 0 Å². The van der Waals surface area contributed by atoms with Crippen molar-refractivity contribution in [3.05, 3.63) is 52.5 Å². The van der Waals surface area contributed by atoms with Crippen molar-refractivity contribution in [1.29, 1.82) is 0 Å². The lowest BCUT2D eigenvalue weighted by Crippen LogP contribution is -2.30. The summed E-state index contributed by atoms with van der Waals surface area (Å²) >= 11 is 5.96. The maximum atomic E-state index is 12.8. The molecule has 1 aliphatic heterocycles. The van der Waals surface area contributed by atoms with Crippen LogP contribution in [0.1, 0.15) is 30.4 Å². The number of hydrogen-bond acceptors (Lipinski definition) is 4. The van der Waals surface area contributed by atoms with Crippen molar-refractivity contribution in [2.24, 2.45) is 5.92 Å². The van der Waals surface area contributed by atoms with Crippen molar-refractivity contribution in [2.75, 3.05) is 22.5 Å². The number of aryl methyl sites for hydroxylation is 1. The number of hydrogen-bond donors (Lipinski definition) is 1. The number of benzene rings is 2. The Morgan fingerprint density at radius 3 is 2.67 bits per heavy atom. The largest absolute Gasteiger partial charge is 0.326 e. The Hall–Kier alpha value is -2.38. The maximum Gasteiger partial charge on any atom is 0.230 e. The average molecular weight is 447 g/mol. The second kappa shape index (κ2) is 8.04. The van der Waals surface area contributed by atoms with E-state index in [0.717, 1.165) is 29.7 Å². The van der Waals surface area contributed by atoms with Gasteiger partial charge in [-0.1, -0.05) is 17.7 Å². The third-order valence-electron chi connectivity index (χ3n) is 5.57. The van der Waals surface area contributed by atoms with Crippen molar-refractivity contribution in [1.82, 2.24) is 0 Å². The predicted molar refractivity (Wildman–Crippen MR) is 117 cm³/mol. The lowest BCUT2D eigenvalue weighted by atomic mass is 10.2. The minimum absolute atomic E-state index is 0.126. The molecule has 1 saturated carbocycles. The summed E-state index contributed by atoms with van der Waals surface area (Å²) in [7, 11) is -3.62. The van der Waals surface area contributed by atoms with Crippen molar-refractivity contribution in [3.63, 3.8) is 0 Å². The summed E-state index contributed by atoms with van der Waals surface area (Å²) in [5, 5.41) is 3.22. The Labute approximate surface area is 181 Å². The van der Waals surface area contributed by atoms with Gasteiger partial charge in [-0.25, -0.2) is 8.42 Å². The van der Waals surface area contributed by atoms with Crippen LogP contribution in [0.3, 0.4) is 0 Å². The van der Waals surface area contributed by atoms with Crippen molar-refractivity contribution in [3.8, 4) is 0 Å². The van der Waals surface area contributed by atoms with Crippen LogP contribution < -0.4 is 10.2 Å². The summed E-state index contributed by atoms with van der Waals surface area (Å²) in [6.07, 6.45) is 2.37. The Morgan fingerprint density at radius 1 is 1.17 bits per heavy atom. The van der Waals surface area contributed by atoms with Crippen molar-refractivity contribution >= 4 is 44.6 Å². The van der Waals surface area contributed by atoms with Crippen LogP contribution in [-0.2, 0) is 25.8 Å².